The van der Waals surface area contributed by atoms with Gasteiger partial charge < -0.3 is 10.4 Å². The van der Waals surface area contributed by atoms with Crippen molar-refractivity contribution in [3.63, 3.8) is 0 Å². The minimum atomic E-state index is -0.149. The zero-order chi connectivity index (χ0) is 18.6. The van der Waals surface area contributed by atoms with Gasteiger partial charge in [0.25, 0.3) is 0 Å². The maximum absolute atomic E-state index is 12.3. The van der Waals surface area contributed by atoms with Crippen LogP contribution < -0.4 is 5.32 Å². The van der Waals surface area contributed by atoms with Crippen LogP contribution in [0.25, 0.3) is 0 Å². The Morgan fingerprint density at radius 2 is 2.04 bits per heavy atom. The number of nitrogens with one attached hydrogen (secondary N) is 1. The first-order valence-electron chi connectivity index (χ1n) is 8.68. The fourth-order valence-corrected chi connectivity index (χ4v) is 3.47. The maximum Gasteiger partial charge on any atom is 0.220 e. The zero-order valence-electron chi connectivity index (χ0n) is 15.7. The van der Waals surface area contributed by atoms with Crippen molar-refractivity contribution in [2.75, 3.05) is 0 Å². The van der Waals surface area contributed by atoms with Crippen molar-refractivity contribution in [3.05, 3.63) is 45.9 Å². The molecular weight excluding hydrogens is 332 g/mol. The van der Waals surface area contributed by atoms with Crippen LogP contribution in [0.2, 0.25) is 0 Å². The topological polar surface area (TPSA) is 62.2 Å². The van der Waals surface area contributed by atoms with Crippen LogP contribution in [0.15, 0.2) is 29.8 Å². The third-order valence-corrected chi connectivity index (χ3v) is 4.88. The molecule has 2 rings (SSSR count). The van der Waals surface area contributed by atoms with Gasteiger partial charge in [-0.25, -0.2) is 4.98 Å². The Morgan fingerprint density at radius 3 is 2.60 bits per heavy atom. The molecule has 25 heavy (non-hydrogen) atoms. The average molecular weight is 361 g/mol. The SMILES string of the molecule is CC(C)CC(=O)NC(Cc1ccc(O)c(C(C)(C)C)c1)c1nccs1. The van der Waals surface area contributed by atoms with Crippen LogP contribution in [0.4, 0.5) is 0 Å². The lowest BCUT2D eigenvalue weighted by Crippen LogP contribution is -2.30. The summed E-state index contributed by atoms with van der Waals surface area (Å²) in [5.74, 6) is 0.675. The van der Waals surface area contributed by atoms with E-state index in [1.54, 1.807) is 23.6 Å². The van der Waals surface area contributed by atoms with E-state index in [0.717, 1.165) is 16.1 Å². The summed E-state index contributed by atoms with van der Waals surface area (Å²) in [6.07, 6.45) is 2.92. The lowest BCUT2D eigenvalue weighted by atomic mass is 9.85. The van der Waals surface area contributed by atoms with Crippen LogP contribution in [0.5, 0.6) is 5.75 Å². The molecule has 4 nitrogen and oxygen atoms in total. The van der Waals surface area contributed by atoms with Crippen LogP contribution in [-0.2, 0) is 16.6 Å². The number of phenols is 1. The number of benzene rings is 1. The summed E-state index contributed by atoms with van der Waals surface area (Å²) in [5.41, 5.74) is 1.85. The minimum absolute atomic E-state index is 0.0463. The van der Waals surface area contributed by atoms with Gasteiger partial charge in [-0.2, -0.15) is 0 Å². The molecule has 1 heterocycles. The molecule has 0 radical (unpaired) electrons. The molecule has 1 amide bonds. The number of aromatic hydroxyl groups is 1. The van der Waals surface area contributed by atoms with E-state index in [0.29, 0.717) is 24.5 Å². The Labute approximate surface area is 154 Å². The quantitative estimate of drug-likeness (QED) is 0.792. The summed E-state index contributed by atoms with van der Waals surface area (Å²) < 4.78 is 0. The Balaban J connectivity index is 2.24. The van der Waals surface area contributed by atoms with Gasteiger partial charge in [-0.1, -0.05) is 46.8 Å². The molecule has 1 unspecified atom stereocenters. The third kappa shape index (κ3) is 5.56. The van der Waals surface area contributed by atoms with E-state index in [1.807, 2.05) is 31.4 Å². The van der Waals surface area contributed by atoms with Gasteiger partial charge in [0.1, 0.15) is 10.8 Å². The molecule has 0 bridgehead atoms. The fourth-order valence-electron chi connectivity index (χ4n) is 2.78. The number of hydrogen-bond donors (Lipinski definition) is 2. The van der Waals surface area contributed by atoms with Gasteiger partial charge in [0.05, 0.1) is 6.04 Å². The molecule has 0 saturated carbocycles. The Bertz CT molecular complexity index is 703. The molecular formula is C20H28N2O2S. The van der Waals surface area contributed by atoms with Crippen molar-refractivity contribution in [1.82, 2.24) is 10.3 Å². The predicted molar refractivity (Wildman–Crippen MR) is 103 cm³/mol. The Morgan fingerprint density at radius 1 is 1.32 bits per heavy atom. The molecule has 2 N–H and O–H groups in total. The molecule has 0 fully saturated rings. The summed E-state index contributed by atoms with van der Waals surface area (Å²) in [7, 11) is 0. The number of hydrogen-bond acceptors (Lipinski definition) is 4. The molecule has 0 spiro atoms. The van der Waals surface area contributed by atoms with E-state index in [-0.39, 0.29) is 17.4 Å². The fraction of sp³-hybridized carbons (Fsp3) is 0.500. The maximum atomic E-state index is 12.3. The van der Waals surface area contributed by atoms with Crippen molar-refractivity contribution in [2.45, 2.75) is 58.9 Å². The summed E-state index contributed by atoms with van der Waals surface area (Å²) in [6, 6.07) is 5.54. The van der Waals surface area contributed by atoms with Crippen LogP contribution in [0.3, 0.4) is 0 Å². The summed E-state index contributed by atoms with van der Waals surface area (Å²) in [4.78, 5) is 16.6. The molecule has 136 valence electrons. The number of aromatic nitrogens is 1. The Kier molecular flexibility index (Phi) is 6.22. The van der Waals surface area contributed by atoms with E-state index in [9.17, 15) is 9.90 Å². The number of nitrogens with zero attached hydrogens (tertiary/aromatic N) is 1. The molecule has 2 aromatic rings. The summed E-state index contributed by atoms with van der Waals surface area (Å²) in [5, 5.41) is 16.1. The summed E-state index contributed by atoms with van der Waals surface area (Å²) in [6.45, 7) is 10.3. The lowest BCUT2D eigenvalue weighted by Gasteiger charge is -2.23. The van der Waals surface area contributed by atoms with E-state index >= 15 is 0 Å². The first kappa shape index (κ1) is 19.4. The number of phenolic OH excluding ortho intramolecular Hbond substituents is 1. The van der Waals surface area contributed by atoms with Gasteiger partial charge in [0, 0.05) is 18.0 Å². The van der Waals surface area contributed by atoms with E-state index < -0.39 is 0 Å². The average Bonchev–Trinajstić information content (AvgIpc) is 3.00. The first-order valence-corrected chi connectivity index (χ1v) is 9.56. The van der Waals surface area contributed by atoms with Gasteiger partial charge in [0.15, 0.2) is 0 Å². The lowest BCUT2D eigenvalue weighted by molar-refractivity contribution is -0.122. The van der Waals surface area contributed by atoms with Gasteiger partial charge >= 0.3 is 0 Å². The van der Waals surface area contributed by atoms with E-state index in [4.69, 9.17) is 0 Å². The van der Waals surface area contributed by atoms with Crippen molar-refractivity contribution >= 4 is 17.2 Å². The second-order valence-corrected chi connectivity index (χ2v) is 8.82. The van der Waals surface area contributed by atoms with E-state index in [2.05, 4.69) is 31.1 Å². The predicted octanol–water partition coefficient (Wildman–Crippen LogP) is 4.59. The van der Waals surface area contributed by atoms with Gasteiger partial charge in [-0.05, 0) is 34.9 Å². The number of amides is 1. The number of rotatable bonds is 6. The monoisotopic (exact) mass is 360 g/mol. The van der Waals surface area contributed by atoms with Crippen LogP contribution in [0, 0.1) is 5.92 Å². The molecule has 1 atom stereocenters. The molecule has 0 aliphatic carbocycles. The first-order chi connectivity index (χ1) is 11.7. The smallest absolute Gasteiger partial charge is 0.220 e. The van der Waals surface area contributed by atoms with Crippen LogP contribution >= 0.6 is 11.3 Å². The minimum Gasteiger partial charge on any atom is -0.508 e. The molecule has 0 aliphatic rings. The highest BCUT2D eigenvalue weighted by atomic mass is 32.1. The molecule has 1 aromatic carbocycles. The van der Waals surface area contributed by atoms with Gasteiger partial charge in [-0.15, -0.1) is 11.3 Å². The van der Waals surface area contributed by atoms with Crippen molar-refractivity contribution in [1.29, 1.82) is 0 Å². The van der Waals surface area contributed by atoms with Crippen molar-refractivity contribution in [3.8, 4) is 5.75 Å². The van der Waals surface area contributed by atoms with Crippen LogP contribution in [0.1, 0.15) is 63.2 Å². The second kappa shape index (κ2) is 8.00. The number of thiazole rings is 1. The zero-order valence-corrected chi connectivity index (χ0v) is 16.5. The van der Waals surface area contributed by atoms with Crippen molar-refractivity contribution < 1.29 is 9.90 Å². The highest BCUT2D eigenvalue weighted by Crippen LogP contribution is 2.32. The largest absolute Gasteiger partial charge is 0.508 e. The van der Waals surface area contributed by atoms with Gasteiger partial charge in [0.2, 0.25) is 5.91 Å². The molecule has 0 saturated heterocycles. The number of carbonyl (C=O) groups is 1. The Hall–Kier alpha value is -1.88. The third-order valence-electron chi connectivity index (χ3n) is 3.99. The van der Waals surface area contributed by atoms with Crippen LogP contribution in [-0.4, -0.2) is 16.0 Å². The second-order valence-electron chi connectivity index (χ2n) is 7.89. The number of carbonyl (C=O) groups excluding carboxylic acids is 1. The molecule has 1 aromatic heterocycles. The molecule has 0 aliphatic heterocycles. The summed E-state index contributed by atoms with van der Waals surface area (Å²) >= 11 is 1.55. The van der Waals surface area contributed by atoms with Crippen molar-refractivity contribution in [2.24, 2.45) is 5.92 Å². The van der Waals surface area contributed by atoms with Gasteiger partial charge in [-0.3, -0.25) is 4.79 Å². The highest BCUT2D eigenvalue weighted by Gasteiger charge is 2.22. The molecule has 5 heteroatoms. The van der Waals surface area contributed by atoms with E-state index in [1.165, 1.54) is 0 Å². The highest BCUT2D eigenvalue weighted by molar-refractivity contribution is 7.09. The normalized spacial score (nSPS) is 13.0. The standard InChI is InChI=1S/C20H28N2O2S/c1-13(2)10-18(24)22-16(19-21-8-9-25-19)12-14-6-7-17(23)15(11-14)20(3,4)5/h6-9,11,13,16,23H,10,12H2,1-5H3,(H,22,24).